The molecule has 0 radical (unpaired) electrons. The molecule has 0 bridgehead atoms. The Balaban J connectivity index is 1.66. The number of nitrogens with one attached hydrogen (secondary N) is 3. The first kappa shape index (κ1) is 24.9. The fourth-order valence-corrected chi connectivity index (χ4v) is 5.92. The standard InChI is InChI=1S/C23H33N7O2S2/c1-13-18(21-29-19-14(2)24-9-8-17(19)33-21)20(28-16-7-6-15(12-16)23(3,4)31)30-22(27-13)25-10-11-26-34(5)32/h8-9,15-16,26,31H,6-7,10-12H2,1-5H3,(H2,25,27,28,30). The van der Waals surface area contributed by atoms with Gasteiger partial charge in [0, 0.05) is 31.6 Å². The number of aliphatic hydroxyl groups is 1. The summed E-state index contributed by atoms with van der Waals surface area (Å²) in [4.78, 5) is 18.8. The van der Waals surface area contributed by atoms with Gasteiger partial charge in [-0.1, -0.05) is 0 Å². The van der Waals surface area contributed by atoms with E-state index in [-0.39, 0.29) is 12.0 Å². The molecule has 1 saturated carbocycles. The van der Waals surface area contributed by atoms with E-state index in [1.807, 2.05) is 40.0 Å². The number of fused-ring (bicyclic) bond motifs is 1. The Labute approximate surface area is 206 Å². The second kappa shape index (κ2) is 10.2. The molecule has 1 aliphatic rings. The molecule has 0 amide bonds. The molecule has 3 aromatic heterocycles. The van der Waals surface area contributed by atoms with Crippen molar-refractivity contribution in [2.75, 3.05) is 30.0 Å². The Morgan fingerprint density at radius 3 is 2.65 bits per heavy atom. The minimum absolute atomic E-state index is 0.208. The van der Waals surface area contributed by atoms with Gasteiger partial charge in [0.05, 0.1) is 38.2 Å². The maximum Gasteiger partial charge on any atom is 0.224 e. The molecule has 1 fully saturated rings. The number of rotatable bonds is 9. The number of nitrogens with zero attached hydrogens (tertiary/aromatic N) is 4. The van der Waals surface area contributed by atoms with E-state index in [0.29, 0.717) is 19.0 Å². The highest BCUT2D eigenvalue weighted by Crippen LogP contribution is 2.39. The number of aromatic nitrogens is 4. The lowest BCUT2D eigenvalue weighted by Gasteiger charge is -2.25. The molecule has 3 heterocycles. The molecule has 4 rings (SSSR count). The summed E-state index contributed by atoms with van der Waals surface area (Å²) in [5.41, 5.74) is 2.82. The first-order valence-electron chi connectivity index (χ1n) is 11.5. The van der Waals surface area contributed by atoms with Gasteiger partial charge in [0.1, 0.15) is 16.3 Å². The van der Waals surface area contributed by atoms with Crippen LogP contribution in [0.15, 0.2) is 12.3 Å². The van der Waals surface area contributed by atoms with Gasteiger partial charge in [-0.05, 0) is 58.9 Å². The zero-order valence-electron chi connectivity index (χ0n) is 20.3. The van der Waals surface area contributed by atoms with Gasteiger partial charge < -0.3 is 15.7 Å². The molecule has 11 heteroatoms. The predicted molar refractivity (Wildman–Crippen MR) is 140 cm³/mol. The molecule has 34 heavy (non-hydrogen) atoms. The largest absolute Gasteiger partial charge is 0.390 e. The van der Waals surface area contributed by atoms with Crippen molar-refractivity contribution in [1.82, 2.24) is 24.7 Å². The zero-order chi connectivity index (χ0) is 24.5. The van der Waals surface area contributed by atoms with E-state index in [1.54, 1.807) is 17.6 Å². The highest BCUT2D eigenvalue weighted by Gasteiger charge is 2.35. The molecule has 0 aliphatic heterocycles. The lowest BCUT2D eigenvalue weighted by atomic mass is 9.89. The zero-order valence-corrected chi connectivity index (χ0v) is 21.9. The van der Waals surface area contributed by atoms with Gasteiger partial charge in [-0.25, -0.2) is 18.9 Å². The average molecular weight is 504 g/mol. The number of aryl methyl sites for hydroxylation is 2. The number of anilines is 2. The van der Waals surface area contributed by atoms with E-state index in [2.05, 4.69) is 20.3 Å². The summed E-state index contributed by atoms with van der Waals surface area (Å²) in [7, 11) is -1.06. The molecule has 1 aliphatic carbocycles. The number of hydrogen-bond acceptors (Lipinski definition) is 9. The van der Waals surface area contributed by atoms with Crippen LogP contribution in [0.2, 0.25) is 0 Å². The van der Waals surface area contributed by atoms with Crippen LogP contribution in [0.3, 0.4) is 0 Å². The number of hydrogen-bond donors (Lipinski definition) is 4. The van der Waals surface area contributed by atoms with Gasteiger partial charge >= 0.3 is 0 Å². The van der Waals surface area contributed by atoms with Crippen molar-refractivity contribution in [2.45, 2.75) is 58.6 Å². The lowest BCUT2D eigenvalue weighted by Crippen LogP contribution is -2.30. The smallest absolute Gasteiger partial charge is 0.224 e. The molecule has 3 unspecified atom stereocenters. The van der Waals surface area contributed by atoms with Crippen LogP contribution in [0.1, 0.15) is 44.5 Å². The minimum Gasteiger partial charge on any atom is -0.390 e. The van der Waals surface area contributed by atoms with Crippen LogP contribution in [0.5, 0.6) is 0 Å². The van der Waals surface area contributed by atoms with Crippen LogP contribution in [0.4, 0.5) is 11.8 Å². The maximum atomic E-state index is 11.3. The Morgan fingerprint density at radius 2 is 1.97 bits per heavy atom. The fraction of sp³-hybridized carbons (Fsp3) is 0.565. The molecule has 0 spiro atoms. The SMILES string of the molecule is Cc1nc(NCCNS(C)=O)nc(NC2CCC(C(C)(C)O)C2)c1-c1nc2c(C)nccc2s1. The second-order valence-electron chi connectivity index (χ2n) is 9.40. The van der Waals surface area contributed by atoms with Crippen LogP contribution in [0.25, 0.3) is 20.8 Å². The lowest BCUT2D eigenvalue weighted by molar-refractivity contribution is 0.0197. The quantitative estimate of drug-likeness (QED) is 0.328. The maximum absolute atomic E-state index is 11.3. The van der Waals surface area contributed by atoms with Gasteiger partial charge in [0.2, 0.25) is 5.95 Å². The first-order chi connectivity index (χ1) is 16.1. The van der Waals surface area contributed by atoms with Crippen molar-refractivity contribution < 1.29 is 9.32 Å². The monoisotopic (exact) mass is 503 g/mol. The molecular weight excluding hydrogens is 470 g/mol. The summed E-state index contributed by atoms with van der Waals surface area (Å²) in [5.74, 6) is 1.50. The Kier molecular flexibility index (Phi) is 7.46. The van der Waals surface area contributed by atoms with E-state index in [4.69, 9.17) is 15.0 Å². The third-order valence-electron chi connectivity index (χ3n) is 6.28. The van der Waals surface area contributed by atoms with E-state index in [1.165, 1.54) is 0 Å². The third-order valence-corrected chi connectivity index (χ3v) is 7.93. The van der Waals surface area contributed by atoms with Crippen LogP contribution in [-0.4, -0.2) is 60.2 Å². The summed E-state index contributed by atoms with van der Waals surface area (Å²) in [5, 5.41) is 18.2. The summed E-state index contributed by atoms with van der Waals surface area (Å²) in [6.07, 6.45) is 6.23. The Hall–Kier alpha value is -2.21. The number of thiazole rings is 1. The van der Waals surface area contributed by atoms with Crippen molar-refractivity contribution in [3.63, 3.8) is 0 Å². The minimum atomic E-state index is -1.06. The topological polar surface area (TPSA) is 125 Å². The normalized spacial score (nSPS) is 19.5. The molecule has 9 nitrogen and oxygen atoms in total. The molecule has 3 aromatic rings. The summed E-state index contributed by atoms with van der Waals surface area (Å²) < 4.78 is 15.2. The molecule has 4 N–H and O–H groups in total. The predicted octanol–water partition coefficient (Wildman–Crippen LogP) is 3.41. The highest BCUT2D eigenvalue weighted by molar-refractivity contribution is 7.82. The van der Waals surface area contributed by atoms with E-state index in [0.717, 1.165) is 57.3 Å². The van der Waals surface area contributed by atoms with Crippen molar-refractivity contribution in [1.29, 1.82) is 0 Å². The van der Waals surface area contributed by atoms with Crippen molar-refractivity contribution in [3.05, 3.63) is 23.7 Å². The molecular formula is C23H33N7O2S2. The van der Waals surface area contributed by atoms with Gasteiger partial charge in [0.25, 0.3) is 0 Å². The fourth-order valence-electron chi connectivity index (χ4n) is 4.42. The molecule has 0 saturated heterocycles. The van der Waals surface area contributed by atoms with Crippen molar-refractivity contribution >= 4 is 44.3 Å². The summed E-state index contributed by atoms with van der Waals surface area (Å²) in [6.45, 7) is 8.80. The van der Waals surface area contributed by atoms with E-state index >= 15 is 0 Å². The molecule has 184 valence electrons. The van der Waals surface area contributed by atoms with Gasteiger partial charge in [-0.2, -0.15) is 4.98 Å². The Bertz CT molecular complexity index is 1190. The van der Waals surface area contributed by atoms with Crippen molar-refractivity contribution in [3.8, 4) is 10.6 Å². The summed E-state index contributed by atoms with van der Waals surface area (Å²) >= 11 is 1.61. The molecule has 0 aromatic carbocycles. The van der Waals surface area contributed by atoms with Gasteiger partial charge in [-0.3, -0.25) is 4.98 Å². The van der Waals surface area contributed by atoms with Crippen LogP contribution in [0, 0.1) is 19.8 Å². The van der Waals surface area contributed by atoms with Gasteiger partial charge in [0.15, 0.2) is 0 Å². The van der Waals surface area contributed by atoms with Crippen LogP contribution >= 0.6 is 11.3 Å². The third kappa shape index (κ3) is 5.70. The second-order valence-corrected chi connectivity index (χ2v) is 11.6. The Morgan fingerprint density at radius 1 is 1.18 bits per heavy atom. The van der Waals surface area contributed by atoms with E-state index < -0.39 is 16.6 Å². The molecule has 3 atom stereocenters. The van der Waals surface area contributed by atoms with Crippen molar-refractivity contribution in [2.24, 2.45) is 5.92 Å². The van der Waals surface area contributed by atoms with E-state index in [9.17, 15) is 9.32 Å². The van der Waals surface area contributed by atoms with Gasteiger partial charge in [-0.15, -0.1) is 11.3 Å². The summed E-state index contributed by atoms with van der Waals surface area (Å²) in [6, 6.07) is 2.19. The highest BCUT2D eigenvalue weighted by atomic mass is 32.2. The average Bonchev–Trinajstić information content (AvgIpc) is 3.39. The van der Waals surface area contributed by atoms with Crippen LogP contribution < -0.4 is 15.4 Å². The number of pyridine rings is 1. The first-order valence-corrected chi connectivity index (χ1v) is 13.9. The van der Waals surface area contributed by atoms with Crippen LogP contribution in [-0.2, 0) is 11.0 Å².